The van der Waals surface area contributed by atoms with Crippen molar-refractivity contribution in [1.29, 1.82) is 0 Å². The number of methoxy groups -OCH3 is 1. The molecule has 0 aromatic heterocycles. The number of nitrogens with one attached hydrogen (secondary N) is 3. The van der Waals surface area contributed by atoms with Crippen LogP contribution in [0, 0.1) is 17.7 Å². The van der Waals surface area contributed by atoms with E-state index in [-0.39, 0.29) is 31.1 Å². The van der Waals surface area contributed by atoms with Gasteiger partial charge in [0.15, 0.2) is 0 Å². The average molecular weight is 541 g/mol. The van der Waals surface area contributed by atoms with Gasteiger partial charge in [0.05, 0.1) is 19.8 Å². The lowest BCUT2D eigenvalue weighted by atomic mass is 9.85. The topological polar surface area (TPSA) is 91.9 Å². The number of urea groups is 1. The molecule has 0 spiro atoms. The highest BCUT2D eigenvalue weighted by Crippen LogP contribution is 2.34. The van der Waals surface area contributed by atoms with E-state index >= 15 is 0 Å². The number of hydrogen-bond acceptors (Lipinski definition) is 5. The van der Waals surface area contributed by atoms with Crippen molar-refractivity contribution in [3.8, 4) is 0 Å². The fourth-order valence-corrected chi connectivity index (χ4v) is 5.86. The summed E-state index contributed by atoms with van der Waals surface area (Å²) in [5, 5.41) is 9.37. The van der Waals surface area contributed by atoms with E-state index in [1.807, 2.05) is 11.9 Å². The number of nitrogens with zero attached hydrogens (tertiary/aromatic N) is 1. The SMILES string of the molecule is CNCC(CC1CCCCC1)NC(=O)N1CCCC(C(OCCNC(=O)OC)c2cc(F)cc(Cl)c2)C1. The van der Waals surface area contributed by atoms with Crippen LogP contribution >= 0.6 is 11.6 Å². The second-order valence-electron chi connectivity index (χ2n) is 10.2. The average Bonchev–Trinajstić information content (AvgIpc) is 2.88. The van der Waals surface area contributed by atoms with Crippen molar-refractivity contribution in [3.63, 3.8) is 0 Å². The van der Waals surface area contributed by atoms with E-state index in [4.69, 9.17) is 16.3 Å². The number of ether oxygens (including phenoxy) is 2. The fraction of sp³-hybridized carbons (Fsp3) is 0.704. The van der Waals surface area contributed by atoms with E-state index in [2.05, 4.69) is 20.7 Å². The highest BCUT2D eigenvalue weighted by atomic mass is 35.5. The number of carbonyl (C=O) groups excluding carboxylic acids is 2. The normalized spacial score (nSPS) is 20.2. The van der Waals surface area contributed by atoms with Crippen LogP contribution in [-0.4, -0.2) is 70.0 Å². The summed E-state index contributed by atoms with van der Waals surface area (Å²) in [5.74, 6) is 0.180. The highest BCUT2D eigenvalue weighted by molar-refractivity contribution is 6.30. The number of benzene rings is 1. The van der Waals surface area contributed by atoms with Crippen molar-refractivity contribution in [2.24, 2.45) is 11.8 Å². The van der Waals surface area contributed by atoms with Gasteiger partial charge in [-0.3, -0.25) is 0 Å². The summed E-state index contributed by atoms with van der Waals surface area (Å²) in [6.45, 7) is 2.35. The van der Waals surface area contributed by atoms with Gasteiger partial charge in [0.2, 0.25) is 0 Å². The number of likely N-dealkylation sites (tertiary alicyclic amines) is 1. The van der Waals surface area contributed by atoms with Crippen molar-refractivity contribution >= 4 is 23.7 Å². The third kappa shape index (κ3) is 9.61. The summed E-state index contributed by atoms with van der Waals surface area (Å²) in [7, 11) is 3.21. The number of likely N-dealkylation sites (N-methyl/N-ethyl adjacent to an activating group) is 1. The molecule has 10 heteroatoms. The number of piperidine rings is 1. The molecule has 1 saturated heterocycles. The molecule has 2 fully saturated rings. The largest absolute Gasteiger partial charge is 0.453 e. The summed E-state index contributed by atoms with van der Waals surface area (Å²) >= 11 is 6.15. The first-order valence-electron chi connectivity index (χ1n) is 13.5. The van der Waals surface area contributed by atoms with Crippen molar-refractivity contribution in [1.82, 2.24) is 20.9 Å². The Morgan fingerprint density at radius 1 is 1.16 bits per heavy atom. The first-order valence-corrected chi connectivity index (χ1v) is 13.9. The van der Waals surface area contributed by atoms with E-state index < -0.39 is 18.0 Å². The van der Waals surface area contributed by atoms with E-state index in [0.717, 1.165) is 25.8 Å². The first kappa shape index (κ1) is 29.5. The third-order valence-corrected chi connectivity index (χ3v) is 7.58. The molecule has 3 atom stereocenters. The minimum absolute atomic E-state index is 0.0448. The van der Waals surface area contributed by atoms with Gasteiger partial charge in [0, 0.05) is 43.2 Å². The molecule has 1 aromatic rings. The lowest BCUT2D eigenvalue weighted by molar-refractivity contribution is -0.00880. The molecule has 37 heavy (non-hydrogen) atoms. The summed E-state index contributed by atoms with van der Waals surface area (Å²) in [6.07, 6.45) is 7.97. The maximum atomic E-state index is 14.2. The van der Waals surface area contributed by atoms with Gasteiger partial charge in [0.25, 0.3) is 0 Å². The zero-order chi connectivity index (χ0) is 26.6. The Balaban J connectivity index is 1.65. The molecule has 1 saturated carbocycles. The molecule has 208 valence electrons. The second-order valence-corrected chi connectivity index (χ2v) is 10.6. The van der Waals surface area contributed by atoms with Crippen LogP contribution < -0.4 is 16.0 Å². The van der Waals surface area contributed by atoms with Gasteiger partial charge in [-0.15, -0.1) is 0 Å². The second kappa shape index (κ2) is 15.3. The molecule has 1 aliphatic carbocycles. The third-order valence-electron chi connectivity index (χ3n) is 7.36. The van der Waals surface area contributed by atoms with Crippen molar-refractivity contribution in [3.05, 3.63) is 34.6 Å². The molecule has 1 aromatic carbocycles. The fourth-order valence-electron chi connectivity index (χ4n) is 5.63. The van der Waals surface area contributed by atoms with Crippen LogP contribution in [0.15, 0.2) is 18.2 Å². The van der Waals surface area contributed by atoms with Gasteiger partial charge in [-0.25, -0.2) is 14.0 Å². The number of rotatable bonds is 11. The van der Waals surface area contributed by atoms with Gasteiger partial charge in [0.1, 0.15) is 5.82 Å². The standard InChI is InChI=1S/C27H42ClFN4O4/c1-30-17-24(13-19-7-4-3-5-8-19)32-26(34)33-11-6-9-20(18-33)25(37-12-10-31-27(35)36-2)21-14-22(28)16-23(29)15-21/h14-16,19-20,24-25,30H,3-13,17-18H2,1-2H3,(H,31,35)(H,32,34). The van der Waals surface area contributed by atoms with Crippen molar-refractivity contribution in [2.75, 3.05) is 46.9 Å². The maximum Gasteiger partial charge on any atom is 0.406 e. The molecule has 8 nitrogen and oxygen atoms in total. The minimum Gasteiger partial charge on any atom is -0.453 e. The Kier molecular flexibility index (Phi) is 12.2. The Morgan fingerprint density at radius 3 is 2.65 bits per heavy atom. The molecule has 1 heterocycles. The molecule has 3 N–H and O–H groups in total. The molecule has 0 radical (unpaired) electrons. The van der Waals surface area contributed by atoms with Crippen LogP contribution in [0.5, 0.6) is 0 Å². The van der Waals surface area contributed by atoms with Crippen LogP contribution in [0.4, 0.5) is 14.0 Å². The quantitative estimate of drug-likeness (QED) is 0.348. The molecular formula is C27H42ClFN4O4. The Labute approximate surface area is 225 Å². The lowest BCUT2D eigenvalue weighted by Crippen LogP contribution is -2.52. The van der Waals surface area contributed by atoms with Gasteiger partial charge in [-0.05, 0) is 56.0 Å². The van der Waals surface area contributed by atoms with E-state index in [1.165, 1.54) is 51.3 Å². The van der Waals surface area contributed by atoms with Crippen LogP contribution in [0.2, 0.25) is 5.02 Å². The zero-order valence-electron chi connectivity index (χ0n) is 22.1. The van der Waals surface area contributed by atoms with Gasteiger partial charge >= 0.3 is 12.1 Å². The first-order chi connectivity index (χ1) is 17.9. The Morgan fingerprint density at radius 2 is 1.95 bits per heavy atom. The zero-order valence-corrected chi connectivity index (χ0v) is 22.8. The van der Waals surface area contributed by atoms with Crippen molar-refractivity contribution < 1.29 is 23.5 Å². The highest BCUT2D eigenvalue weighted by Gasteiger charge is 2.32. The molecular weight excluding hydrogens is 499 g/mol. The van der Waals surface area contributed by atoms with E-state index in [0.29, 0.717) is 29.6 Å². The Hall–Kier alpha value is -2.10. The minimum atomic E-state index is -0.543. The molecule has 1 aliphatic heterocycles. The number of carbonyl (C=O) groups is 2. The molecule has 3 unspecified atom stereocenters. The monoisotopic (exact) mass is 540 g/mol. The summed E-state index contributed by atoms with van der Waals surface area (Å²) < 4.78 is 25.0. The summed E-state index contributed by atoms with van der Waals surface area (Å²) in [5.41, 5.74) is 0.626. The maximum absolute atomic E-state index is 14.2. The summed E-state index contributed by atoms with van der Waals surface area (Å²) in [4.78, 5) is 26.5. The lowest BCUT2D eigenvalue weighted by Gasteiger charge is -2.38. The Bertz CT molecular complexity index is 851. The van der Waals surface area contributed by atoms with Crippen LogP contribution in [-0.2, 0) is 9.47 Å². The van der Waals surface area contributed by atoms with E-state index in [9.17, 15) is 14.0 Å². The molecule has 3 rings (SSSR count). The van der Waals surface area contributed by atoms with Crippen LogP contribution in [0.1, 0.15) is 63.0 Å². The van der Waals surface area contributed by atoms with Gasteiger partial charge < -0.3 is 30.3 Å². The number of hydrogen-bond donors (Lipinski definition) is 3. The summed E-state index contributed by atoms with van der Waals surface area (Å²) in [6, 6.07) is 4.41. The van der Waals surface area contributed by atoms with Crippen LogP contribution in [0.25, 0.3) is 0 Å². The smallest absolute Gasteiger partial charge is 0.406 e. The van der Waals surface area contributed by atoms with Crippen LogP contribution in [0.3, 0.4) is 0 Å². The van der Waals surface area contributed by atoms with Gasteiger partial charge in [-0.1, -0.05) is 43.7 Å². The number of amides is 3. The number of halogens is 2. The van der Waals surface area contributed by atoms with E-state index in [1.54, 1.807) is 6.07 Å². The molecule has 3 amide bonds. The predicted octanol–water partition coefficient (Wildman–Crippen LogP) is 4.87. The van der Waals surface area contributed by atoms with Gasteiger partial charge in [-0.2, -0.15) is 0 Å². The number of alkyl carbamates (subject to hydrolysis) is 1. The molecule has 0 bridgehead atoms. The predicted molar refractivity (Wildman–Crippen MR) is 142 cm³/mol. The molecule has 2 aliphatic rings. The van der Waals surface area contributed by atoms with Crippen molar-refractivity contribution in [2.45, 2.75) is 63.5 Å².